The van der Waals surface area contributed by atoms with Crippen LogP contribution in [0.1, 0.15) is 133 Å². The summed E-state index contributed by atoms with van der Waals surface area (Å²) in [4.78, 5) is 163. The molecule has 1 aliphatic rings. The molecule has 0 aromatic carbocycles. The Bertz CT molecular complexity index is 2100. The van der Waals surface area contributed by atoms with Crippen molar-refractivity contribution in [3.05, 3.63) is 12.2 Å². The van der Waals surface area contributed by atoms with Gasteiger partial charge in [-0.3, -0.25) is 52.7 Å². The predicted molar refractivity (Wildman–Crippen MR) is 298 cm³/mol. The fourth-order valence-corrected chi connectivity index (χ4v) is 9.74. The smallest absolute Gasteiger partial charge is 0.246 e. The summed E-state index contributed by atoms with van der Waals surface area (Å²) in [6.07, 6.45) is 3.11. The third-order valence-corrected chi connectivity index (χ3v) is 14.6. The van der Waals surface area contributed by atoms with Crippen LogP contribution in [-0.2, 0) is 52.7 Å². The monoisotopic (exact) mass is 1100 g/mol. The number of nitrogens with two attached hydrogens (primary N) is 1. The highest BCUT2D eigenvalue weighted by atomic mass is 16.3. The summed E-state index contributed by atoms with van der Waals surface area (Å²) in [5, 5.41) is 17.3. The number of carbonyl (C=O) groups is 11. The number of ketones is 2. The lowest BCUT2D eigenvalue weighted by atomic mass is 9.86. The Morgan fingerprint density at radius 1 is 0.615 bits per heavy atom. The number of likely N-dealkylation sites (N-methyl/N-ethyl adjacent to an activating group) is 7. The second-order valence-electron chi connectivity index (χ2n) is 22.6. The number of amides is 9. The number of Topliss-reactive ketones (excluding diaryl/α,β-unsaturated/α-hetero) is 2. The largest absolute Gasteiger partial charge is 0.390 e. The van der Waals surface area contributed by atoms with Crippen LogP contribution >= 0.6 is 0 Å². The van der Waals surface area contributed by atoms with Gasteiger partial charge in [0.15, 0.2) is 11.6 Å². The minimum atomic E-state index is -1.49. The van der Waals surface area contributed by atoms with E-state index in [-0.39, 0.29) is 50.4 Å². The number of hydrogen-bond acceptors (Lipinski definition) is 13. The number of aliphatic hydroxyl groups is 1. The molecule has 0 aromatic heterocycles. The molecule has 444 valence electrons. The van der Waals surface area contributed by atoms with Gasteiger partial charge in [0, 0.05) is 74.5 Å². The summed E-state index contributed by atoms with van der Waals surface area (Å²) in [6, 6.07) is -7.19. The number of carbonyl (C=O) groups excluding carboxylic acids is 11. The van der Waals surface area contributed by atoms with Crippen molar-refractivity contribution in [2.24, 2.45) is 35.3 Å². The van der Waals surface area contributed by atoms with Crippen molar-refractivity contribution in [2.75, 3.05) is 75.5 Å². The van der Waals surface area contributed by atoms with Gasteiger partial charge in [-0.2, -0.15) is 0 Å². The van der Waals surface area contributed by atoms with Crippen LogP contribution in [0.25, 0.3) is 0 Å². The normalized spacial score (nSPS) is 25.3. The van der Waals surface area contributed by atoms with Crippen molar-refractivity contribution < 1.29 is 57.8 Å². The van der Waals surface area contributed by atoms with Crippen LogP contribution in [0.2, 0.25) is 0 Å². The van der Waals surface area contributed by atoms with E-state index in [0.717, 1.165) is 19.6 Å². The first kappa shape index (κ1) is 70.2. The highest BCUT2D eigenvalue weighted by molar-refractivity contribution is 5.98. The molecule has 9 amide bonds. The van der Waals surface area contributed by atoms with Gasteiger partial charge in [-0.15, -0.1) is 0 Å². The first-order valence-corrected chi connectivity index (χ1v) is 27.7. The molecule has 0 radical (unpaired) electrons. The Hall–Kier alpha value is -5.77. The fourth-order valence-electron chi connectivity index (χ4n) is 9.74. The summed E-state index contributed by atoms with van der Waals surface area (Å²) in [5.74, 6) is -9.06. The lowest BCUT2D eigenvalue weighted by molar-refractivity contribution is -0.157. The number of aliphatic hydroxyl groups excluding tert-OH is 1. The third-order valence-electron chi connectivity index (χ3n) is 14.6. The maximum atomic E-state index is 15.0. The van der Waals surface area contributed by atoms with Crippen LogP contribution < -0.4 is 16.4 Å². The molecule has 0 spiro atoms. The number of rotatable bonds is 14. The molecule has 5 N–H and O–H groups in total. The summed E-state index contributed by atoms with van der Waals surface area (Å²) < 4.78 is 0. The van der Waals surface area contributed by atoms with Gasteiger partial charge in [-0.1, -0.05) is 67.5 Å². The lowest BCUT2D eigenvalue weighted by Gasteiger charge is -2.41. The number of unbranched alkanes of at least 4 members (excludes halogenated alkanes) is 1. The average molecular weight is 1100 g/mol. The van der Waals surface area contributed by atoms with E-state index in [1.165, 1.54) is 71.0 Å². The van der Waals surface area contributed by atoms with Gasteiger partial charge >= 0.3 is 0 Å². The van der Waals surface area contributed by atoms with Crippen molar-refractivity contribution >= 4 is 64.7 Å². The molecule has 1 fully saturated rings. The molecule has 0 saturated carbocycles. The SMILES string of the molecule is C/C=C/C[C@@H](C)[C@@H](O)[C@H]1C(=O)C[C@@H](CC)C(=O)N(C)CC(=O)N(C)CC(=O)N[C@@H](CCCCN)C(=O)N(C)CC(=O)CCC(=O)N[C@H](C)C(=O)N(C)[C@@H](CC(C)C)C(=O)N(C)[C@@H](CC(C)C)C(=O)N(C)[C@@H](C(C)C)C(=O)N1C. The van der Waals surface area contributed by atoms with E-state index in [0.29, 0.717) is 25.8 Å². The number of allylic oxidation sites excluding steroid dienone is 2. The van der Waals surface area contributed by atoms with Gasteiger partial charge in [0.2, 0.25) is 53.2 Å². The molecule has 1 aliphatic heterocycles. The second-order valence-corrected chi connectivity index (χ2v) is 22.6. The van der Waals surface area contributed by atoms with Crippen molar-refractivity contribution in [2.45, 2.75) is 176 Å². The van der Waals surface area contributed by atoms with Crippen molar-refractivity contribution in [1.82, 2.24) is 44.9 Å². The van der Waals surface area contributed by atoms with Crippen LogP contribution in [0.4, 0.5) is 0 Å². The minimum Gasteiger partial charge on any atom is -0.390 e. The first-order valence-electron chi connectivity index (χ1n) is 27.7. The summed E-state index contributed by atoms with van der Waals surface area (Å²) >= 11 is 0. The van der Waals surface area contributed by atoms with Crippen molar-refractivity contribution in [3.8, 4) is 0 Å². The highest BCUT2D eigenvalue weighted by Gasteiger charge is 2.44. The Labute approximate surface area is 464 Å². The molecule has 22 nitrogen and oxygen atoms in total. The van der Waals surface area contributed by atoms with Crippen LogP contribution in [0.3, 0.4) is 0 Å². The molecule has 0 aromatic rings. The maximum Gasteiger partial charge on any atom is 0.246 e. The molecule has 1 heterocycles. The Morgan fingerprint density at radius 3 is 1.65 bits per heavy atom. The summed E-state index contributed by atoms with van der Waals surface area (Å²) in [6.45, 7) is 16.6. The van der Waals surface area contributed by atoms with Crippen LogP contribution in [0, 0.1) is 29.6 Å². The van der Waals surface area contributed by atoms with Gasteiger partial charge in [0.1, 0.15) is 36.3 Å². The fraction of sp³-hybridized carbons (Fsp3) is 0.768. The summed E-state index contributed by atoms with van der Waals surface area (Å²) in [5.41, 5.74) is 5.70. The number of nitrogens with one attached hydrogen (secondary N) is 2. The highest BCUT2D eigenvalue weighted by Crippen LogP contribution is 2.26. The molecule has 1 saturated heterocycles. The minimum absolute atomic E-state index is 0.119. The average Bonchev–Trinajstić information content (AvgIpc) is 3.37. The molecule has 0 unspecified atom stereocenters. The first-order chi connectivity index (χ1) is 36.3. The van der Waals surface area contributed by atoms with Crippen molar-refractivity contribution in [3.63, 3.8) is 0 Å². The number of hydrogen-bond donors (Lipinski definition) is 4. The Morgan fingerprint density at radius 2 is 1.14 bits per heavy atom. The van der Waals surface area contributed by atoms with E-state index in [1.807, 2.05) is 40.7 Å². The van der Waals surface area contributed by atoms with Crippen LogP contribution in [0.15, 0.2) is 12.2 Å². The van der Waals surface area contributed by atoms with Gasteiger partial charge in [0.25, 0.3) is 0 Å². The van der Waals surface area contributed by atoms with Crippen molar-refractivity contribution in [1.29, 1.82) is 0 Å². The Balaban J connectivity index is 4.04. The molecule has 22 heteroatoms. The molecule has 1 rings (SSSR count). The molecule has 0 aliphatic carbocycles. The van der Waals surface area contributed by atoms with Gasteiger partial charge in [0.05, 0.1) is 25.7 Å². The zero-order valence-corrected chi connectivity index (χ0v) is 50.1. The molecule has 9 atom stereocenters. The predicted octanol–water partition coefficient (Wildman–Crippen LogP) is 1.85. The molecular weight excluding hydrogens is 1000 g/mol. The van der Waals surface area contributed by atoms with E-state index < -0.39 is 151 Å². The van der Waals surface area contributed by atoms with E-state index in [2.05, 4.69) is 10.6 Å². The number of nitrogens with zero attached hydrogens (tertiary/aromatic N) is 7. The third kappa shape index (κ3) is 21.1. The Kier molecular flexibility index (Phi) is 30.3. The van der Waals surface area contributed by atoms with Gasteiger partial charge in [-0.05, 0) is 89.0 Å². The molecular formula is C56H98N10O12. The zero-order chi connectivity index (χ0) is 60.0. The van der Waals surface area contributed by atoms with E-state index in [4.69, 9.17) is 5.73 Å². The van der Waals surface area contributed by atoms with Crippen LogP contribution in [0.5, 0.6) is 0 Å². The zero-order valence-electron chi connectivity index (χ0n) is 50.1. The van der Waals surface area contributed by atoms with Gasteiger partial charge in [-0.25, -0.2) is 0 Å². The second kappa shape index (κ2) is 33.6. The quantitative estimate of drug-likeness (QED) is 0.143. The van der Waals surface area contributed by atoms with E-state index in [1.54, 1.807) is 33.8 Å². The molecule has 78 heavy (non-hydrogen) atoms. The standard InChI is InChI=1S/C56H98N10O12/c1-18-20-23-37(9)50(72)49-44(68)30-39(19-2)52(74)62(13)33-47(71)60(11)32-46(70)59-41(24-21-22-27-57)53(75)61(12)31-40(67)25-26-45(69)58-38(10)51(73)63(14)42(28-34(3)4)54(76)64(15)43(29-35(5)6)55(77)65(16)48(36(7)8)56(78)66(49)17/h18,20,34-39,41-43,48-50,72H,19,21-33,57H2,1-17H3,(H,58,69)(H,59,70)/b20-18+/t37-,38-,39-,41+,42+,43+,48+,49-,50-/m1/s1. The van der Waals surface area contributed by atoms with Crippen LogP contribution in [-0.4, -0.2) is 222 Å². The van der Waals surface area contributed by atoms with E-state index in [9.17, 15) is 53.1 Å². The molecule has 0 bridgehead atoms. The summed E-state index contributed by atoms with van der Waals surface area (Å²) in [7, 11) is 9.85. The maximum absolute atomic E-state index is 15.0. The lowest BCUT2D eigenvalue weighted by Crippen LogP contribution is -2.61. The van der Waals surface area contributed by atoms with E-state index >= 15 is 4.79 Å². The van der Waals surface area contributed by atoms with Gasteiger partial charge < -0.3 is 55.8 Å². The topological polar surface area (TPSA) is 281 Å².